The van der Waals surface area contributed by atoms with Gasteiger partial charge in [-0.05, 0) is 36.4 Å². The molecule has 0 saturated carbocycles. The van der Waals surface area contributed by atoms with E-state index in [0.717, 1.165) is 11.1 Å². The summed E-state index contributed by atoms with van der Waals surface area (Å²) in [6.07, 6.45) is 0. The summed E-state index contributed by atoms with van der Waals surface area (Å²) in [4.78, 5) is 0. The second-order valence-corrected chi connectivity index (χ2v) is 4.14. The molecule has 0 saturated heterocycles. The molecule has 0 amide bonds. The number of halogens is 2. The molecule has 2 aromatic rings. The van der Waals surface area contributed by atoms with Gasteiger partial charge in [0.2, 0.25) is 0 Å². The maximum Gasteiger partial charge on any atom is 0.0418 e. The lowest BCUT2D eigenvalue weighted by Crippen LogP contribution is -1.76. The second kappa shape index (κ2) is 6.35. The fourth-order valence-electron chi connectivity index (χ4n) is 1.28. The first kappa shape index (κ1) is 13.6. The average molecular weight is 259 g/mol. The number of benzene rings is 2. The van der Waals surface area contributed by atoms with Crippen LogP contribution in [-0.4, -0.2) is 0 Å². The van der Waals surface area contributed by atoms with E-state index in [9.17, 15) is 0 Å². The highest BCUT2D eigenvalue weighted by atomic mass is 35.5. The van der Waals surface area contributed by atoms with Gasteiger partial charge >= 0.3 is 0 Å². The van der Waals surface area contributed by atoms with Crippen LogP contribution in [0.5, 0.6) is 0 Å². The molecule has 0 aliphatic rings. The highest BCUT2D eigenvalue weighted by Crippen LogP contribution is 2.11. The number of hydrogen-bond acceptors (Lipinski definition) is 0. The van der Waals surface area contributed by atoms with Gasteiger partial charge in [-0.3, -0.25) is 0 Å². The Morgan fingerprint density at radius 1 is 0.706 bits per heavy atom. The molecule has 0 aliphatic heterocycles. The molecule has 2 aromatic carbocycles. The minimum absolute atomic E-state index is 0. The van der Waals surface area contributed by atoms with Gasteiger partial charge in [-0.25, -0.2) is 0 Å². The fraction of sp³-hybridized carbons (Fsp3) is 0. The summed E-state index contributed by atoms with van der Waals surface area (Å²) in [6.45, 7) is 0. The van der Waals surface area contributed by atoms with E-state index < -0.39 is 0 Å². The molecular formula is C15H8Cl2. The molecular weight excluding hydrogens is 251 g/mol. The third kappa shape index (κ3) is 4.15. The van der Waals surface area contributed by atoms with E-state index in [1.807, 2.05) is 48.5 Å². The van der Waals surface area contributed by atoms with Gasteiger partial charge < -0.3 is 0 Å². The van der Waals surface area contributed by atoms with Gasteiger partial charge in [-0.2, -0.15) is 0 Å². The maximum absolute atomic E-state index is 5.86. The Morgan fingerprint density at radius 2 is 1.12 bits per heavy atom. The van der Waals surface area contributed by atoms with Crippen LogP contribution in [0.1, 0.15) is 11.1 Å². The summed E-state index contributed by atoms with van der Waals surface area (Å²) in [7, 11) is 0. The topological polar surface area (TPSA) is 0 Å². The zero-order valence-corrected chi connectivity index (χ0v) is 10.4. The molecule has 0 nitrogen and oxygen atoms in total. The molecule has 0 heterocycles. The number of rotatable bonds is 0. The predicted octanol–water partition coefficient (Wildman–Crippen LogP) is 4.47. The van der Waals surface area contributed by atoms with Crippen LogP contribution in [0.3, 0.4) is 0 Å². The van der Waals surface area contributed by atoms with Crippen molar-refractivity contribution < 1.29 is 0 Å². The normalized spacial score (nSPS) is 8.82. The largest absolute Gasteiger partial charge is 0.0843 e. The summed E-state index contributed by atoms with van der Waals surface area (Å²) >= 11 is 11.7. The van der Waals surface area contributed by atoms with E-state index in [4.69, 9.17) is 23.2 Å². The first-order valence-electron chi connectivity index (χ1n) is 4.77. The standard InChI is InChI=1S/C14H8Cl2.C/c15-13-5-1-3-11(9-13)7-8-12-4-2-6-14(16)10-12;/h1-6,9-10H;. The van der Waals surface area contributed by atoms with Crippen LogP contribution in [0.4, 0.5) is 0 Å². The molecule has 0 fully saturated rings. The van der Waals surface area contributed by atoms with Crippen LogP contribution < -0.4 is 0 Å². The molecule has 0 atom stereocenters. The van der Waals surface area contributed by atoms with Crippen LogP contribution in [0.25, 0.3) is 0 Å². The van der Waals surface area contributed by atoms with E-state index in [1.54, 1.807) is 0 Å². The Morgan fingerprint density at radius 3 is 1.47 bits per heavy atom. The van der Waals surface area contributed by atoms with Gasteiger partial charge in [0.05, 0.1) is 0 Å². The summed E-state index contributed by atoms with van der Waals surface area (Å²) in [5.41, 5.74) is 1.79. The van der Waals surface area contributed by atoms with Crippen LogP contribution in [0, 0.1) is 19.3 Å². The lowest BCUT2D eigenvalue weighted by molar-refractivity contribution is 1.62. The minimum atomic E-state index is 0. The fourth-order valence-corrected chi connectivity index (χ4v) is 1.66. The van der Waals surface area contributed by atoms with Gasteiger partial charge in [0, 0.05) is 28.6 Å². The Kier molecular flexibility index (Phi) is 5.10. The van der Waals surface area contributed by atoms with Gasteiger partial charge in [-0.1, -0.05) is 47.2 Å². The average Bonchev–Trinajstić information content (AvgIpc) is 2.27. The molecule has 0 N–H and O–H groups in total. The third-order valence-corrected chi connectivity index (χ3v) is 2.47. The van der Waals surface area contributed by atoms with Gasteiger partial charge in [0.25, 0.3) is 0 Å². The monoisotopic (exact) mass is 258 g/mol. The van der Waals surface area contributed by atoms with Gasteiger partial charge in [-0.15, -0.1) is 0 Å². The highest BCUT2D eigenvalue weighted by Gasteiger charge is 1.90. The quantitative estimate of drug-likeness (QED) is 0.612. The van der Waals surface area contributed by atoms with E-state index >= 15 is 0 Å². The Bertz CT molecular complexity index is 513. The molecule has 0 spiro atoms. The SMILES string of the molecule is Clc1cccc(C#Cc2cccc(Cl)c2)c1.[C]. The molecule has 2 rings (SSSR count). The van der Waals surface area contributed by atoms with Crippen molar-refractivity contribution in [3.05, 3.63) is 77.1 Å². The van der Waals surface area contributed by atoms with Crippen molar-refractivity contribution in [1.29, 1.82) is 0 Å². The molecule has 0 aliphatic carbocycles. The predicted molar refractivity (Wildman–Crippen MR) is 72.1 cm³/mol. The van der Waals surface area contributed by atoms with E-state index in [0.29, 0.717) is 10.0 Å². The molecule has 0 bridgehead atoms. The van der Waals surface area contributed by atoms with Crippen LogP contribution in [-0.2, 0) is 0 Å². The summed E-state index contributed by atoms with van der Waals surface area (Å²) in [5, 5.41) is 1.38. The third-order valence-electron chi connectivity index (χ3n) is 2.00. The van der Waals surface area contributed by atoms with E-state index in [-0.39, 0.29) is 7.43 Å². The smallest absolute Gasteiger partial charge is 0.0418 e. The lowest BCUT2D eigenvalue weighted by atomic mass is 10.2. The van der Waals surface area contributed by atoms with Crippen molar-refractivity contribution >= 4 is 23.2 Å². The van der Waals surface area contributed by atoms with Crippen LogP contribution in [0.15, 0.2) is 48.5 Å². The van der Waals surface area contributed by atoms with Gasteiger partial charge in [0.1, 0.15) is 0 Å². The van der Waals surface area contributed by atoms with Crippen LogP contribution in [0.2, 0.25) is 10.0 Å². The summed E-state index contributed by atoms with van der Waals surface area (Å²) < 4.78 is 0. The van der Waals surface area contributed by atoms with Crippen molar-refractivity contribution in [3.8, 4) is 11.8 Å². The van der Waals surface area contributed by atoms with Crippen molar-refractivity contribution in [3.63, 3.8) is 0 Å². The van der Waals surface area contributed by atoms with Crippen molar-refractivity contribution in [2.45, 2.75) is 0 Å². The van der Waals surface area contributed by atoms with Crippen molar-refractivity contribution in [1.82, 2.24) is 0 Å². The molecule has 0 unspecified atom stereocenters. The Balaban J connectivity index is 0.00000144. The maximum atomic E-state index is 5.86. The Hall–Kier alpha value is -1.42. The van der Waals surface area contributed by atoms with Crippen molar-refractivity contribution in [2.75, 3.05) is 0 Å². The molecule has 82 valence electrons. The molecule has 0 aromatic heterocycles. The summed E-state index contributed by atoms with van der Waals surface area (Å²) in [5.74, 6) is 6.07. The minimum Gasteiger partial charge on any atom is -0.0843 e. The van der Waals surface area contributed by atoms with Crippen LogP contribution >= 0.6 is 23.2 Å². The van der Waals surface area contributed by atoms with Crippen molar-refractivity contribution in [2.24, 2.45) is 0 Å². The first-order valence-corrected chi connectivity index (χ1v) is 5.53. The lowest BCUT2D eigenvalue weighted by Gasteiger charge is -1.92. The highest BCUT2D eigenvalue weighted by molar-refractivity contribution is 6.31. The zero-order valence-electron chi connectivity index (χ0n) is 8.87. The van der Waals surface area contributed by atoms with E-state index in [1.165, 1.54) is 0 Å². The zero-order chi connectivity index (χ0) is 11.4. The Labute approximate surface area is 112 Å². The second-order valence-electron chi connectivity index (χ2n) is 3.27. The number of hydrogen-bond donors (Lipinski definition) is 0. The van der Waals surface area contributed by atoms with E-state index in [2.05, 4.69) is 11.8 Å². The molecule has 17 heavy (non-hydrogen) atoms. The molecule has 4 radical (unpaired) electrons. The molecule has 2 heteroatoms. The summed E-state index contributed by atoms with van der Waals surface area (Å²) in [6, 6.07) is 14.9. The first-order chi connectivity index (χ1) is 7.74. The van der Waals surface area contributed by atoms with Gasteiger partial charge in [0.15, 0.2) is 0 Å².